The molecule has 0 bridgehead atoms. The van der Waals surface area contributed by atoms with E-state index in [0.29, 0.717) is 18.1 Å². The van der Waals surface area contributed by atoms with Crippen LogP contribution in [0.4, 0.5) is 11.8 Å². The summed E-state index contributed by atoms with van der Waals surface area (Å²) in [5.74, 6) is 1.37. The van der Waals surface area contributed by atoms with Gasteiger partial charge in [0.05, 0.1) is 13.3 Å². The highest BCUT2D eigenvalue weighted by molar-refractivity contribution is 5.89. The Hall–Kier alpha value is -2.05. The zero-order valence-electron chi connectivity index (χ0n) is 11.3. The first-order chi connectivity index (χ1) is 9.26. The van der Waals surface area contributed by atoms with Crippen LogP contribution in [0.3, 0.4) is 0 Å². The van der Waals surface area contributed by atoms with E-state index >= 15 is 0 Å². The number of hydrogen-bond acceptors (Lipinski definition) is 7. The normalized spacial score (nSPS) is 15.2. The smallest absolute Gasteiger partial charge is 0.229 e. The Kier molecular flexibility index (Phi) is 4.38. The van der Waals surface area contributed by atoms with Crippen LogP contribution in [-0.4, -0.2) is 43.0 Å². The number of anilines is 2. The number of oxime groups is 1. The van der Waals surface area contributed by atoms with Gasteiger partial charge in [0.2, 0.25) is 11.8 Å². The first kappa shape index (κ1) is 13.4. The van der Waals surface area contributed by atoms with E-state index in [-0.39, 0.29) is 5.95 Å². The Morgan fingerprint density at radius 2 is 2.11 bits per heavy atom. The molecule has 0 spiro atoms. The molecule has 7 nitrogen and oxygen atoms in total. The van der Waals surface area contributed by atoms with Crippen molar-refractivity contribution < 1.29 is 9.57 Å². The number of aromatic nitrogens is 2. The maximum absolute atomic E-state index is 5.72. The lowest BCUT2D eigenvalue weighted by Crippen LogP contribution is -2.22. The van der Waals surface area contributed by atoms with Gasteiger partial charge in [-0.25, -0.2) is 0 Å². The number of rotatable bonds is 5. The second-order valence-electron chi connectivity index (χ2n) is 4.17. The van der Waals surface area contributed by atoms with Crippen LogP contribution < -0.4 is 15.4 Å². The van der Waals surface area contributed by atoms with Gasteiger partial charge < -0.3 is 20.2 Å². The van der Waals surface area contributed by atoms with Crippen LogP contribution >= 0.6 is 0 Å². The zero-order chi connectivity index (χ0) is 13.7. The van der Waals surface area contributed by atoms with Crippen molar-refractivity contribution in [2.45, 2.75) is 19.8 Å². The fraction of sp³-hybridized carbons (Fsp3) is 0.583. The summed E-state index contributed by atoms with van der Waals surface area (Å²) >= 11 is 0. The van der Waals surface area contributed by atoms with Gasteiger partial charge in [-0.1, -0.05) is 5.16 Å². The predicted octanol–water partition coefficient (Wildman–Crippen LogP) is 1.04. The van der Waals surface area contributed by atoms with Gasteiger partial charge in [-0.3, -0.25) is 0 Å². The average Bonchev–Trinajstić information content (AvgIpc) is 2.93. The first-order valence-corrected chi connectivity index (χ1v) is 6.38. The van der Waals surface area contributed by atoms with Crippen molar-refractivity contribution in [2.75, 3.05) is 37.4 Å². The van der Waals surface area contributed by atoms with Crippen molar-refractivity contribution in [1.29, 1.82) is 0 Å². The van der Waals surface area contributed by atoms with Crippen molar-refractivity contribution in [1.82, 2.24) is 9.97 Å². The van der Waals surface area contributed by atoms with E-state index in [1.165, 1.54) is 0 Å². The number of methoxy groups -OCH3 is 1. The van der Waals surface area contributed by atoms with Gasteiger partial charge in [0.15, 0.2) is 0 Å². The molecule has 2 heterocycles. The van der Waals surface area contributed by atoms with Crippen molar-refractivity contribution in [3.8, 4) is 5.88 Å². The van der Waals surface area contributed by atoms with Crippen molar-refractivity contribution in [3.05, 3.63) is 5.56 Å². The van der Waals surface area contributed by atoms with Crippen LogP contribution in [0.2, 0.25) is 0 Å². The highest BCUT2D eigenvalue weighted by atomic mass is 16.6. The van der Waals surface area contributed by atoms with Gasteiger partial charge in [0, 0.05) is 13.1 Å². The summed E-state index contributed by atoms with van der Waals surface area (Å²) < 4.78 is 5.25. The van der Waals surface area contributed by atoms with E-state index in [1.54, 1.807) is 13.3 Å². The third-order valence-corrected chi connectivity index (χ3v) is 2.89. The molecule has 1 aromatic rings. The minimum atomic E-state index is 0.201. The third-order valence-electron chi connectivity index (χ3n) is 2.89. The fourth-order valence-corrected chi connectivity index (χ4v) is 2.06. The Morgan fingerprint density at radius 1 is 1.37 bits per heavy atom. The molecule has 0 atom stereocenters. The molecular weight excluding hydrogens is 246 g/mol. The van der Waals surface area contributed by atoms with Crippen molar-refractivity contribution in [2.24, 2.45) is 5.16 Å². The summed E-state index contributed by atoms with van der Waals surface area (Å²) in [5, 5.41) is 3.88. The molecule has 1 saturated heterocycles. The average molecular weight is 265 g/mol. The summed E-state index contributed by atoms with van der Waals surface area (Å²) in [6.07, 6.45) is 3.87. The molecule has 0 saturated carbocycles. The maximum atomic E-state index is 5.72. The molecule has 0 radical (unpaired) electrons. The molecule has 1 aliphatic rings. The highest BCUT2D eigenvalue weighted by Crippen LogP contribution is 2.27. The lowest BCUT2D eigenvalue weighted by molar-refractivity contribution is 0.160. The molecule has 2 rings (SSSR count). The largest absolute Gasteiger partial charge is 0.480 e. The Labute approximate surface area is 112 Å². The molecule has 7 heteroatoms. The molecule has 0 unspecified atom stereocenters. The van der Waals surface area contributed by atoms with Gasteiger partial charge in [-0.2, -0.15) is 9.97 Å². The van der Waals surface area contributed by atoms with Gasteiger partial charge in [-0.05, 0) is 19.8 Å². The number of nitrogen functional groups attached to an aromatic ring is 1. The van der Waals surface area contributed by atoms with Crippen LogP contribution in [0.5, 0.6) is 5.88 Å². The van der Waals surface area contributed by atoms with Gasteiger partial charge >= 0.3 is 0 Å². The Balaban J connectivity index is 2.39. The van der Waals surface area contributed by atoms with Crippen LogP contribution in [0.15, 0.2) is 5.16 Å². The molecule has 104 valence electrons. The van der Waals surface area contributed by atoms with Crippen LogP contribution in [0, 0.1) is 0 Å². The highest BCUT2D eigenvalue weighted by Gasteiger charge is 2.21. The minimum Gasteiger partial charge on any atom is -0.480 e. The molecule has 1 aliphatic heterocycles. The summed E-state index contributed by atoms with van der Waals surface area (Å²) in [4.78, 5) is 15.5. The molecule has 0 aliphatic carbocycles. The molecule has 19 heavy (non-hydrogen) atoms. The van der Waals surface area contributed by atoms with Crippen molar-refractivity contribution >= 4 is 18.0 Å². The SMILES string of the molecule is CCON=Cc1c(OC)nc(N)nc1N1CCCC1. The third kappa shape index (κ3) is 3.04. The quantitative estimate of drug-likeness (QED) is 0.632. The van der Waals surface area contributed by atoms with E-state index in [9.17, 15) is 0 Å². The zero-order valence-corrected chi connectivity index (χ0v) is 11.3. The van der Waals surface area contributed by atoms with Crippen molar-refractivity contribution in [3.63, 3.8) is 0 Å². The second kappa shape index (κ2) is 6.21. The monoisotopic (exact) mass is 265 g/mol. The van der Waals surface area contributed by atoms with Crippen LogP contribution in [-0.2, 0) is 4.84 Å². The summed E-state index contributed by atoms with van der Waals surface area (Å²) in [7, 11) is 1.55. The van der Waals surface area contributed by atoms with Crippen LogP contribution in [0.25, 0.3) is 0 Å². The lowest BCUT2D eigenvalue weighted by Gasteiger charge is -2.19. The van der Waals surface area contributed by atoms with Crippen LogP contribution in [0.1, 0.15) is 25.3 Å². The standard InChI is InChI=1S/C12H19N5O2/c1-3-19-14-8-9-10(17-6-4-5-7-17)15-12(13)16-11(9)18-2/h8H,3-7H2,1-2H3,(H2,13,15,16). The van der Waals surface area contributed by atoms with Gasteiger partial charge in [0.25, 0.3) is 0 Å². The predicted molar refractivity (Wildman–Crippen MR) is 73.7 cm³/mol. The number of hydrogen-bond donors (Lipinski definition) is 1. The number of nitrogens with zero attached hydrogens (tertiary/aromatic N) is 4. The van der Waals surface area contributed by atoms with E-state index in [1.807, 2.05) is 6.92 Å². The molecule has 0 amide bonds. The molecule has 1 aromatic heterocycles. The Bertz CT molecular complexity index is 458. The van der Waals surface area contributed by atoms with E-state index < -0.39 is 0 Å². The minimum absolute atomic E-state index is 0.201. The first-order valence-electron chi connectivity index (χ1n) is 6.38. The van der Waals surface area contributed by atoms with Gasteiger partial charge in [-0.15, -0.1) is 0 Å². The number of nitrogens with two attached hydrogens (primary N) is 1. The van der Waals surface area contributed by atoms with Gasteiger partial charge in [0.1, 0.15) is 18.0 Å². The molecule has 1 fully saturated rings. The second-order valence-corrected chi connectivity index (χ2v) is 4.17. The summed E-state index contributed by atoms with van der Waals surface area (Å²) in [5.41, 5.74) is 6.42. The van der Waals surface area contributed by atoms with E-state index in [4.69, 9.17) is 15.3 Å². The summed E-state index contributed by atoms with van der Waals surface area (Å²) in [6, 6.07) is 0. The lowest BCUT2D eigenvalue weighted by atomic mass is 10.3. The topological polar surface area (TPSA) is 85.9 Å². The Morgan fingerprint density at radius 3 is 2.74 bits per heavy atom. The maximum Gasteiger partial charge on any atom is 0.229 e. The van der Waals surface area contributed by atoms with E-state index in [0.717, 1.165) is 31.7 Å². The van der Waals surface area contributed by atoms with E-state index in [2.05, 4.69) is 20.0 Å². The molecular formula is C12H19N5O2. The summed E-state index contributed by atoms with van der Waals surface area (Å²) in [6.45, 7) is 4.29. The molecule has 0 aromatic carbocycles. The fourth-order valence-electron chi connectivity index (χ4n) is 2.06. The number of ether oxygens (including phenoxy) is 1. The molecule has 2 N–H and O–H groups in total.